The van der Waals surface area contributed by atoms with Crippen molar-refractivity contribution in [2.24, 2.45) is 0 Å². The van der Waals surface area contributed by atoms with Crippen molar-refractivity contribution in [1.29, 1.82) is 0 Å². The number of rotatable bonds is 3. The van der Waals surface area contributed by atoms with Gasteiger partial charge in [-0.05, 0) is 6.92 Å². The van der Waals surface area contributed by atoms with Gasteiger partial charge in [-0.1, -0.05) is 0 Å². The molecule has 0 radical (unpaired) electrons. The fraction of sp³-hybridized carbons (Fsp3) is 0.429. The van der Waals surface area contributed by atoms with Crippen LogP contribution in [0.3, 0.4) is 0 Å². The quantitative estimate of drug-likeness (QED) is 0.896. The van der Waals surface area contributed by atoms with Crippen molar-refractivity contribution in [1.82, 2.24) is 25.1 Å². The molecule has 4 heterocycles. The van der Waals surface area contributed by atoms with Crippen molar-refractivity contribution in [3.63, 3.8) is 0 Å². The molecule has 8 heteroatoms. The van der Waals surface area contributed by atoms with Crippen molar-refractivity contribution in [2.75, 3.05) is 36.0 Å². The highest BCUT2D eigenvalue weighted by Gasteiger charge is 2.32. The summed E-state index contributed by atoms with van der Waals surface area (Å²) in [5.41, 5.74) is 1.79. The van der Waals surface area contributed by atoms with Crippen LogP contribution in [0.2, 0.25) is 0 Å². The van der Waals surface area contributed by atoms with Crippen molar-refractivity contribution in [2.45, 2.75) is 13.0 Å². The van der Waals surface area contributed by atoms with Crippen LogP contribution in [-0.2, 0) is 0 Å². The molecule has 0 spiro atoms. The minimum absolute atomic E-state index is 0.0510. The average molecular weight is 299 g/mol. The molecule has 8 nitrogen and oxygen atoms in total. The number of anilines is 2. The Balaban J connectivity index is 1.44. The minimum atomic E-state index is -0.0510. The lowest BCUT2D eigenvalue weighted by Gasteiger charge is -2.40. The summed E-state index contributed by atoms with van der Waals surface area (Å²) in [6.45, 7) is 5.06. The van der Waals surface area contributed by atoms with Crippen LogP contribution in [0.4, 0.5) is 16.3 Å². The maximum atomic E-state index is 11.7. The van der Waals surface area contributed by atoms with Gasteiger partial charge in [0.25, 0.3) is 0 Å². The second-order valence-corrected chi connectivity index (χ2v) is 5.59. The van der Waals surface area contributed by atoms with Gasteiger partial charge in [0.1, 0.15) is 5.82 Å². The van der Waals surface area contributed by atoms with Gasteiger partial charge in [-0.15, -0.1) is 0 Å². The number of hydrogen-bond donors (Lipinski definition) is 1. The Morgan fingerprint density at radius 1 is 1.27 bits per heavy atom. The Bertz CT molecular complexity index is 707. The Hall–Kier alpha value is -2.64. The second kappa shape index (κ2) is 4.97. The molecule has 2 aromatic rings. The monoisotopic (exact) mass is 299 g/mol. The first-order chi connectivity index (χ1) is 10.7. The molecule has 114 valence electrons. The van der Waals surface area contributed by atoms with Crippen LogP contribution in [0.5, 0.6) is 0 Å². The topological polar surface area (TPSA) is 79.2 Å². The van der Waals surface area contributed by atoms with Gasteiger partial charge in [-0.3, -0.25) is 14.6 Å². The number of urea groups is 1. The molecule has 0 saturated carbocycles. The normalized spacial score (nSPS) is 18.5. The Kier molecular flexibility index (Phi) is 2.95. The summed E-state index contributed by atoms with van der Waals surface area (Å²) >= 11 is 0. The van der Waals surface area contributed by atoms with Gasteiger partial charge >= 0.3 is 6.03 Å². The second-order valence-electron chi connectivity index (χ2n) is 5.59. The van der Waals surface area contributed by atoms with Gasteiger partial charge in [0, 0.05) is 44.8 Å². The van der Waals surface area contributed by atoms with Gasteiger partial charge in [0.05, 0.1) is 23.6 Å². The molecule has 0 aliphatic carbocycles. The van der Waals surface area contributed by atoms with E-state index < -0.39 is 0 Å². The number of hydrogen-bond acceptors (Lipinski definition) is 5. The van der Waals surface area contributed by atoms with E-state index in [1.807, 2.05) is 17.8 Å². The lowest BCUT2D eigenvalue weighted by Crippen LogP contribution is -2.48. The summed E-state index contributed by atoms with van der Waals surface area (Å²) < 4.78 is 1.93. The Labute approximate surface area is 127 Å². The molecule has 0 bridgehead atoms. The Morgan fingerprint density at radius 3 is 2.82 bits per heavy atom. The highest BCUT2D eigenvalue weighted by atomic mass is 16.2. The SMILES string of the molecule is Cc1nccnc1N1CC(n2cc(N3CCNC3=O)cn2)C1. The lowest BCUT2D eigenvalue weighted by molar-refractivity contribution is 0.252. The van der Waals surface area contributed by atoms with Crippen LogP contribution in [0.1, 0.15) is 11.7 Å². The molecule has 0 atom stereocenters. The summed E-state index contributed by atoms with van der Waals surface area (Å²) in [5, 5.41) is 7.20. The van der Waals surface area contributed by atoms with Crippen LogP contribution in [0, 0.1) is 6.92 Å². The van der Waals surface area contributed by atoms with Crippen LogP contribution in [0.15, 0.2) is 24.8 Å². The molecule has 22 heavy (non-hydrogen) atoms. The van der Waals surface area contributed by atoms with E-state index in [0.717, 1.165) is 30.3 Å². The predicted octanol–water partition coefficient (Wildman–Crippen LogP) is 0.572. The van der Waals surface area contributed by atoms with E-state index >= 15 is 0 Å². The van der Waals surface area contributed by atoms with Crippen molar-refractivity contribution < 1.29 is 4.79 Å². The van der Waals surface area contributed by atoms with E-state index in [0.29, 0.717) is 19.1 Å². The van der Waals surface area contributed by atoms with E-state index in [4.69, 9.17) is 0 Å². The third kappa shape index (κ3) is 2.07. The van der Waals surface area contributed by atoms with Crippen LogP contribution < -0.4 is 15.1 Å². The minimum Gasteiger partial charge on any atom is -0.351 e. The van der Waals surface area contributed by atoms with Gasteiger partial charge < -0.3 is 10.2 Å². The number of carbonyl (C=O) groups is 1. The fourth-order valence-electron chi connectivity index (χ4n) is 2.89. The summed E-state index contributed by atoms with van der Waals surface area (Å²) in [5.74, 6) is 0.935. The third-order valence-electron chi connectivity index (χ3n) is 4.15. The van der Waals surface area contributed by atoms with Crippen LogP contribution in [-0.4, -0.2) is 52.0 Å². The first kappa shape index (κ1) is 13.1. The first-order valence-corrected chi connectivity index (χ1v) is 7.34. The number of aryl methyl sites for hydroxylation is 1. The van der Waals surface area contributed by atoms with Gasteiger partial charge in [-0.25, -0.2) is 9.78 Å². The first-order valence-electron chi connectivity index (χ1n) is 7.34. The van der Waals surface area contributed by atoms with E-state index in [2.05, 4.69) is 25.3 Å². The molecule has 2 aliphatic heterocycles. The molecule has 2 amide bonds. The highest BCUT2D eigenvalue weighted by Crippen LogP contribution is 2.28. The molecule has 2 saturated heterocycles. The standard InChI is InChI=1S/C14H17N7O/c1-10-13(16-3-2-15-10)19-7-12(8-19)21-9-11(6-18-21)20-5-4-17-14(20)22/h2-3,6,9,12H,4-5,7-8H2,1H3,(H,17,22). The molecule has 1 N–H and O–H groups in total. The van der Waals surface area contributed by atoms with Gasteiger partial charge in [-0.2, -0.15) is 5.10 Å². The van der Waals surface area contributed by atoms with Crippen molar-refractivity contribution >= 4 is 17.5 Å². The van der Waals surface area contributed by atoms with Gasteiger partial charge in [0.2, 0.25) is 0 Å². The largest absolute Gasteiger partial charge is 0.351 e. The lowest BCUT2D eigenvalue weighted by atomic mass is 10.1. The fourth-order valence-corrected chi connectivity index (χ4v) is 2.89. The molecule has 0 unspecified atom stereocenters. The predicted molar refractivity (Wildman–Crippen MR) is 81.0 cm³/mol. The number of nitrogens with zero attached hydrogens (tertiary/aromatic N) is 6. The third-order valence-corrected chi connectivity index (χ3v) is 4.15. The van der Waals surface area contributed by atoms with E-state index in [-0.39, 0.29) is 6.03 Å². The molecule has 2 aliphatic rings. The zero-order valence-corrected chi connectivity index (χ0v) is 12.3. The maximum Gasteiger partial charge on any atom is 0.322 e. The summed E-state index contributed by atoms with van der Waals surface area (Å²) in [7, 11) is 0. The molecule has 4 rings (SSSR count). The number of nitrogens with one attached hydrogen (secondary N) is 1. The Morgan fingerprint density at radius 2 is 2.09 bits per heavy atom. The zero-order valence-electron chi connectivity index (χ0n) is 12.3. The van der Waals surface area contributed by atoms with Gasteiger partial charge in [0.15, 0.2) is 0 Å². The van der Waals surface area contributed by atoms with E-state index in [9.17, 15) is 4.79 Å². The summed E-state index contributed by atoms with van der Waals surface area (Å²) in [4.78, 5) is 24.2. The average Bonchev–Trinajstić information content (AvgIpc) is 3.08. The summed E-state index contributed by atoms with van der Waals surface area (Å²) in [6.07, 6.45) is 7.11. The molecular formula is C14H17N7O. The summed E-state index contributed by atoms with van der Waals surface area (Å²) in [6, 6.07) is 0.255. The highest BCUT2D eigenvalue weighted by molar-refractivity contribution is 5.93. The molecular weight excluding hydrogens is 282 g/mol. The van der Waals surface area contributed by atoms with Crippen molar-refractivity contribution in [3.05, 3.63) is 30.5 Å². The zero-order chi connectivity index (χ0) is 15.1. The van der Waals surface area contributed by atoms with Crippen LogP contribution in [0.25, 0.3) is 0 Å². The van der Waals surface area contributed by atoms with E-state index in [1.165, 1.54) is 0 Å². The number of carbonyl (C=O) groups excluding carboxylic acids is 1. The molecule has 0 aromatic carbocycles. The van der Waals surface area contributed by atoms with Crippen LogP contribution >= 0.6 is 0 Å². The molecule has 2 aromatic heterocycles. The number of amides is 2. The maximum absolute atomic E-state index is 11.7. The molecule has 2 fully saturated rings. The van der Waals surface area contributed by atoms with Crippen molar-refractivity contribution in [3.8, 4) is 0 Å². The number of aromatic nitrogens is 4. The smallest absolute Gasteiger partial charge is 0.322 e. The van der Waals surface area contributed by atoms with E-state index in [1.54, 1.807) is 23.5 Å².